The van der Waals surface area contributed by atoms with Crippen LogP contribution >= 0.6 is 15.9 Å². The molecule has 2 rings (SSSR count). The van der Waals surface area contributed by atoms with Crippen LogP contribution in [0.15, 0.2) is 59.1 Å². The summed E-state index contributed by atoms with van der Waals surface area (Å²) in [6.45, 7) is 0.311. The molecule has 0 fully saturated rings. The maximum Gasteiger partial charge on any atom is 0.303 e. The van der Waals surface area contributed by atoms with Gasteiger partial charge in [0.2, 0.25) is 11.8 Å². The Bertz CT molecular complexity index is 778. The molecule has 0 aliphatic carbocycles. The summed E-state index contributed by atoms with van der Waals surface area (Å²) in [5, 5.41) is 14.3. The third kappa shape index (κ3) is 7.62. The Balaban J connectivity index is 1.94. The molecule has 1 atom stereocenters. The molecule has 2 aromatic rings. The number of carboxylic acids is 1. The van der Waals surface area contributed by atoms with Gasteiger partial charge in [-0.25, -0.2) is 0 Å². The van der Waals surface area contributed by atoms with Gasteiger partial charge < -0.3 is 15.7 Å². The predicted octanol–water partition coefficient (Wildman–Crippen LogP) is 2.66. The van der Waals surface area contributed by atoms with Gasteiger partial charge in [-0.1, -0.05) is 58.4 Å². The number of rotatable bonds is 9. The van der Waals surface area contributed by atoms with Crippen molar-refractivity contribution in [3.63, 3.8) is 0 Å². The van der Waals surface area contributed by atoms with Crippen molar-refractivity contribution in [3.05, 3.63) is 70.2 Å². The average Bonchev–Trinajstić information content (AvgIpc) is 2.65. The van der Waals surface area contributed by atoms with Crippen molar-refractivity contribution >= 4 is 33.7 Å². The zero-order valence-corrected chi connectivity index (χ0v) is 16.2. The third-order valence-electron chi connectivity index (χ3n) is 3.89. The molecule has 0 aliphatic heterocycles. The van der Waals surface area contributed by atoms with Gasteiger partial charge in [-0.3, -0.25) is 14.4 Å². The highest BCUT2D eigenvalue weighted by Gasteiger charge is 2.21. The molecule has 0 saturated carbocycles. The summed E-state index contributed by atoms with van der Waals surface area (Å²) in [5.41, 5.74) is 1.72. The second kappa shape index (κ2) is 10.5. The van der Waals surface area contributed by atoms with Crippen molar-refractivity contribution in [2.45, 2.75) is 31.8 Å². The largest absolute Gasteiger partial charge is 0.481 e. The maximum atomic E-state index is 12.4. The van der Waals surface area contributed by atoms with Crippen molar-refractivity contribution in [2.75, 3.05) is 0 Å². The molecule has 0 spiro atoms. The summed E-state index contributed by atoms with van der Waals surface area (Å²) < 4.78 is 0.909. The van der Waals surface area contributed by atoms with Crippen molar-refractivity contribution in [1.29, 1.82) is 0 Å². The lowest BCUT2D eigenvalue weighted by atomic mass is 10.1. The van der Waals surface area contributed by atoms with Crippen LogP contribution in [0.3, 0.4) is 0 Å². The molecular weight excluding hydrogens is 412 g/mol. The number of nitrogens with one attached hydrogen (secondary N) is 2. The van der Waals surface area contributed by atoms with Gasteiger partial charge >= 0.3 is 5.97 Å². The highest BCUT2D eigenvalue weighted by Crippen LogP contribution is 2.11. The topological polar surface area (TPSA) is 95.5 Å². The number of carbonyl (C=O) groups is 3. The molecule has 2 aromatic carbocycles. The van der Waals surface area contributed by atoms with Crippen LogP contribution < -0.4 is 10.6 Å². The molecule has 0 aliphatic rings. The Kier molecular flexibility index (Phi) is 8.00. The number of benzene rings is 2. The zero-order valence-electron chi connectivity index (χ0n) is 14.7. The van der Waals surface area contributed by atoms with Crippen LogP contribution in [0.2, 0.25) is 0 Å². The van der Waals surface area contributed by atoms with E-state index in [0.29, 0.717) is 6.54 Å². The summed E-state index contributed by atoms with van der Waals surface area (Å²) in [6.07, 6.45) is -0.0627. The van der Waals surface area contributed by atoms with Crippen LogP contribution in [0.1, 0.15) is 24.0 Å². The Hall–Kier alpha value is -2.67. The Morgan fingerprint density at radius 2 is 1.63 bits per heavy atom. The summed E-state index contributed by atoms with van der Waals surface area (Å²) in [6, 6.07) is 15.7. The highest BCUT2D eigenvalue weighted by molar-refractivity contribution is 9.10. The van der Waals surface area contributed by atoms with Gasteiger partial charge in [-0.05, 0) is 29.7 Å². The molecule has 142 valence electrons. The van der Waals surface area contributed by atoms with E-state index in [1.165, 1.54) is 0 Å². The van der Waals surface area contributed by atoms with Gasteiger partial charge in [0.1, 0.15) is 6.04 Å². The summed E-state index contributed by atoms with van der Waals surface area (Å²) in [7, 11) is 0. The number of carboxylic acid groups (broad SMARTS) is 1. The Morgan fingerprint density at radius 3 is 2.26 bits per heavy atom. The van der Waals surface area contributed by atoms with Gasteiger partial charge in [0.15, 0.2) is 0 Å². The molecule has 0 aromatic heterocycles. The van der Waals surface area contributed by atoms with Crippen LogP contribution in [0.25, 0.3) is 0 Å². The number of aliphatic carboxylic acids is 1. The lowest BCUT2D eigenvalue weighted by molar-refractivity contribution is -0.138. The van der Waals surface area contributed by atoms with Crippen LogP contribution in [0, 0.1) is 0 Å². The first-order valence-electron chi connectivity index (χ1n) is 8.51. The van der Waals surface area contributed by atoms with E-state index in [9.17, 15) is 14.4 Å². The van der Waals surface area contributed by atoms with E-state index in [1.807, 2.05) is 54.6 Å². The predicted molar refractivity (Wildman–Crippen MR) is 105 cm³/mol. The standard InChI is InChI=1S/C20H21BrN2O4/c21-16-8-6-14(7-9-16)12-18(24)23-17(10-11-19(25)26)20(27)22-13-15-4-2-1-3-5-15/h1-9,17H,10-13H2,(H,22,27)(H,23,24)(H,25,26)/t17-/m0/s1. The van der Waals surface area contributed by atoms with Crippen molar-refractivity contribution in [1.82, 2.24) is 10.6 Å². The van der Waals surface area contributed by atoms with Crippen molar-refractivity contribution in [3.8, 4) is 0 Å². The minimum absolute atomic E-state index is 0.0298. The fourth-order valence-electron chi connectivity index (χ4n) is 2.48. The van der Waals surface area contributed by atoms with Gasteiger partial charge in [0.05, 0.1) is 6.42 Å². The van der Waals surface area contributed by atoms with Crippen LogP contribution in [-0.4, -0.2) is 28.9 Å². The maximum absolute atomic E-state index is 12.4. The summed E-state index contributed by atoms with van der Waals surface area (Å²) in [5.74, 6) is -1.75. The molecule has 0 radical (unpaired) electrons. The Morgan fingerprint density at radius 1 is 0.963 bits per heavy atom. The minimum Gasteiger partial charge on any atom is -0.481 e. The number of halogens is 1. The summed E-state index contributed by atoms with van der Waals surface area (Å²) in [4.78, 5) is 35.6. The monoisotopic (exact) mass is 432 g/mol. The van der Waals surface area contributed by atoms with Crippen LogP contribution in [0.5, 0.6) is 0 Å². The number of carbonyl (C=O) groups excluding carboxylic acids is 2. The Labute approximate surface area is 166 Å². The number of hydrogen-bond donors (Lipinski definition) is 3. The molecule has 3 N–H and O–H groups in total. The molecule has 0 saturated heterocycles. The second-order valence-corrected chi connectivity index (χ2v) is 6.97. The van der Waals surface area contributed by atoms with Gasteiger partial charge in [0, 0.05) is 17.4 Å². The molecule has 0 unspecified atom stereocenters. The first-order valence-corrected chi connectivity index (χ1v) is 9.30. The second-order valence-electron chi connectivity index (χ2n) is 6.06. The van der Waals surface area contributed by atoms with Crippen molar-refractivity contribution < 1.29 is 19.5 Å². The summed E-state index contributed by atoms with van der Waals surface area (Å²) >= 11 is 3.33. The van der Waals surface area contributed by atoms with E-state index >= 15 is 0 Å². The van der Waals surface area contributed by atoms with Gasteiger partial charge in [0.25, 0.3) is 0 Å². The molecule has 6 nitrogen and oxygen atoms in total. The van der Waals surface area contributed by atoms with E-state index in [2.05, 4.69) is 26.6 Å². The average molecular weight is 433 g/mol. The number of amides is 2. The molecular formula is C20H21BrN2O4. The minimum atomic E-state index is -1.02. The van der Waals surface area contributed by atoms with E-state index in [0.717, 1.165) is 15.6 Å². The van der Waals surface area contributed by atoms with Crippen molar-refractivity contribution in [2.24, 2.45) is 0 Å². The van der Waals surface area contributed by atoms with E-state index in [1.54, 1.807) is 0 Å². The van der Waals surface area contributed by atoms with E-state index in [4.69, 9.17) is 5.11 Å². The highest BCUT2D eigenvalue weighted by atomic mass is 79.9. The zero-order chi connectivity index (χ0) is 19.6. The van der Waals surface area contributed by atoms with Gasteiger partial charge in [-0.2, -0.15) is 0 Å². The van der Waals surface area contributed by atoms with E-state index in [-0.39, 0.29) is 25.2 Å². The molecule has 27 heavy (non-hydrogen) atoms. The number of hydrogen-bond acceptors (Lipinski definition) is 3. The van der Waals surface area contributed by atoms with E-state index < -0.39 is 17.9 Å². The molecule has 7 heteroatoms. The first-order chi connectivity index (χ1) is 12.9. The fraction of sp³-hybridized carbons (Fsp3) is 0.250. The molecule has 0 heterocycles. The van der Waals surface area contributed by atoms with Crippen LogP contribution in [0.4, 0.5) is 0 Å². The molecule has 0 bridgehead atoms. The van der Waals surface area contributed by atoms with Gasteiger partial charge in [-0.15, -0.1) is 0 Å². The first kappa shape index (κ1) is 20.6. The lowest BCUT2D eigenvalue weighted by Gasteiger charge is -2.18. The third-order valence-corrected chi connectivity index (χ3v) is 4.41. The smallest absolute Gasteiger partial charge is 0.303 e. The lowest BCUT2D eigenvalue weighted by Crippen LogP contribution is -2.47. The van der Waals surface area contributed by atoms with Crippen LogP contribution in [-0.2, 0) is 27.3 Å². The molecule has 2 amide bonds. The normalized spacial score (nSPS) is 11.4. The quantitative estimate of drug-likeness (QED) is 0.567. The fourth-order valence-corrected chi connectivity index (χ4v) is 2.74. The SMILES string of the molecule is O=C(O)CC[C@H](NC(=O)Cc1ccc(Br)cc1)C(=O)NCc1ccccc1.